The first-order chi connectivity index (χ1) is 12.1. The van der Waals surface area contributed by atoms with Crippen molar-refractivity contribution in [3.63, 3.8) is 0 Å². The summed E-state index contributed by atoms with van der Waals surface area (Å²) in [5.74, 6) is -0.888. The topological polar surface area (TPSA) is 85.8 Å². The molecule has 1 fully saturated rings. The highest BCUT2D eigenvalue weighted by molar-refractivity contribution is 7.09. The van der Waals surface area contributed by atoms with Gasteiger partial charge < -0.3 is 15.3 Å². The number of aliphatic carboxylic acids is 1. The number of urea groups is 1. The molecule has 2 amide bonds. The Morgan fingerprint density at radius 3 is 2.58 bits per heavy atom. The van der Waals surface area contributed by atoms with Crippen molar-refractivity contribution in [2.75, 3.05) is 20.1 Å². The van der Waals surface area contributed by atoms with Crippen LogP contribution in [0.5, 0.6) is 0 Å². The van der Waals surface area contributed by atoms with E-state index in [4.69, 9.17) is 5.11 Å². The summed E-state index contributed by atoms with van der Waals surface area (Å²) >= 11 is 0.859. The molecule has 146 valence electrons. The van der Waals surface area contributed by atoms with Gasteiger partial charge in [-0.25, -0.2) is 9.78 Å². The first kappa shape index (κ1) is 20.4. The van der Waals surface area contributed by atoms with E-state index in [1.54, 1.807) is 0 Å². The lowest BCUT2D eigenvalue weighted by atomic mass is 9.85. The second-order valence-electron chi connectivity index (χ2n) is 6.21. The summed E-state index contributed by atoms with van der Waals surface area (Å²) in [6.45, 7) is 2.45. The molecule has 1 heterocycles. The van der Waals surface area contributed by atoms with Crippen LogP contribution in [0.15, 0.2) is 5.38 Å². The number of carboxylic acid groups (broad SMARTS) is 1. The number of carbonyl (C=O) groups is 2. The predicted molar refractivity (Wildman–Crippen MR) is 88.8 cm³/mol. The van der Waals surface area contributed by atoms with E-state index in [0.717, 1.165) is 16.7 Å². The summed E-state index contributed by atoms with van der Waals surface area (Å²) in [7, 11) is 1.49. The molecule has 1 aromatic heterocycles. The van der Waals surface area contributed by atoms with E-state index in [9.17, 15) is 22.8 Å². The SMILES string of the molecule is CCN(CC(=O)O)C1CC(NC(=O)N(C)Cc2nc(C(F)(F)F)cs2)C1. The Kier molecular flexibility index (Phi) is 6.45. The maximum atomic E-state index is 12.5. The molecule has 1 aliphatic carbocycles. The van der Waals surface area contributed by atoms with E-state index < -0.39 is 23.9 Å². The summed E-state index contributed by atoms with van der Waals surface area (Å²) in [5.41, 5.74) is -0.953. The van der Waals surface area contributed by atoms with Gasteiger partial charge in [0.2, 0.25) is 0 Å². The number of aromatic nitrogens is 1. The van der Waals surface area contributed by atoms with Crippen LogP contribution in [-0.2, 0) is 17.5 Å². The van der Waals surface area contributed by atoms with Gasteiger partial charge in [0.25, 0.3) is 0 Å². The quantitative estimate of drug-likeness (QED) is 0.741. The van der Waals surface area contributed by atoms with Gasteiger partial charge in [-0.1, -0.05) is 6.92 Å². The van der Waals surface area contributed by atoms with Gasteiger partial charge in [-0.05, 0) is 19.4 Å². The molecule has 0 atom stereocenters. The van der Waals surface area contributed by atoms with Crippen molar-refractivity contribution >= 4 is 23.3 Å². The zero-order valence-electron chi connectivity index (χ0n) is 14.4. The number of halogens is 3. The van der Waals surface area contributed by atoms with Crippen molar-refractivity contribution in [1.82, 2.24) is 20.1 Å². The normalized spacial score (nSPS) is 19.9. The Balaban J connectivity index is 1.78. The molecular formula is C15H21F3N4O3S. The highest BCUT2D eigenvalue weighted by Gasteiger charge is 2.36. The van der Waals surface area contributed by atoms with Gasteiger partial charge in [0.15, 0.2) is 5.69 Å². The number of carbonyl (C=O) groups excluding carboxylic acids is 1. The third kappa shape index (κ3) is 5.31. The minimum atomic E-state index is -4.49. The average Bonchev–Trinajstić information content (AvgIpc) is 2.96. The van der Waals surface area contributed by atoms with E-state index >= 15 is 0 Å². The molecule has 1 aliphatic rings. The first-order valence-corrected chi connectivity index (χ1v) is 8.97. The maximum Gasteiger partial charge on any atom is 0.434 e. The number of alkyl halides is 3. The minimum Gasteiger partial charge on any atom is -0.480 e. The molecule has 26 heavy (non-hydrogen) atoms. The number of likely N-dealkylation sites (N-methyl/N-ethyl adjacent to an activating group) is 1. The Bertz CT molecular complexity index is 646. The van der Waals surface area contributed by atoms with E-state index in [1.807, 2.05) is 11.8 Å². The number of hydrogen-bond donors (Lipinski definition) is 2. The molecule has 0 unspecified atom stereocenters. The van der Waals surface area contributed by atoms with Crippen molar-refractivity contribution in [2.24, 2.45) is 0 Å². The number of amides is 2. The number of hydrogen-bond acceptors (Lipinski definition) is 5. The van der Waals surface area contributed by atoms with E-state index in [2.05, 4.69) is 10.3 Å². The number of thiazole rings is 1. The zero-order valence-corrected chi connectivity index (χ0v) is 15.2. The first-order valence-electron chi connectivity index (χ1n) is 8.09. The van der Waals surface area contributed by atoms with E-state index in [-0.39, 0.29) is 30.2 Å². The molecule has 2 N–H and O–H groups in total. The number of nitrogens with zero attached hydrogens (tertiary/aromatic N) is 3. The molecule has 2 rings (SSSR count). The van der Waals surface area contributed by atoms with Crippen LogP contribution in [0, 0.1) is 0 Å². The van der Waals surface area contributed by atoms with Crippen LogP contribution < -0.4 is 5.32 Å². The molecule has 0 aliphatic heterocycles. The zero-order chi connectivity index (χ0) is 19.5. The van der Waals surface area contributed by atoms with E-state index in [1.165, 1.54) is 11.9 Å². The molecule has 0 aromatic carbocycles. The smallest absolute Gasteiger partial charge is 0.434 e. The van der Waals surface area contributed by atoms with Crippen LogP contribution in [0.2, 0.25) is 0 Å². The molecule has 1 aromatic rings. The third-order valence-electron chi connectivity index (χ3n) is 4.26. The van der Waals surface area contributed by atoms with Crippen molar-refractivity contribution in [1.29, 1.82) is 0 Å². The summed E-state index contributed by atoms with van der Waals surface area (Å²) in [4.78, 5) is 29.6. The highest BCUT2D eigenvalue weighted by Crippen LogP contribution is 2.30. The fourth-order valence-corrected chi connectivity index (χ4v) is 3.60. The third-order valence-corrected chi connectivity index (χ3v) is 5.10. The Labute approximate surface area is 152 Å². The molecule has 0 bridgehead atoms. The molecule has 0 spiro atoms. The van der Waals surface area contributed by atoms with Crippen LogP contribution >= 0.6 is 11.3 Å². The van der Waals surface area contributed by atoms with Crippen LogP contribution in [0.3, 0.4) is 0 Å². The van der Waals surface area contributed by atoms with Crippen LogP contribution in [0.25, 0.3) is 0 Å². The Morgan fingerprint density at radius 2 is 2.08 bits per heavy atom. The predicted octanol–water partition coefficient (Wildman–Crippen LogP) is 2.24. The lowest BCUT2D eigenvalue weighted by Gasteiger charge is -2.42. The minimum absolute atomic E-state index is 0.0111. The Hall–Kier alpha value is -1.88. The number of carboxylic acids is 1. The van der Waals surface area contributed by atoms with Crippen molar-refractivity contribution < 1.29 is 27.9 Å². The van der Waals surface area contributed by atoms with Gasteiger partial charge in [0, 0.05) is 24.5 Å². The van der Waals surface area contributed by atoms with Gasteiger partial charge in [0.05, 0.1) is 13.1 Å². The lowest BCUT2D eigenvalue weighted by molar-refractivity contribution is -0.141. The summed E-state index contributed by atoms with van der Waals surface area (Å²) < 4.78 is 37.6. The Morgan fingerprint density at radius 1 is 1.42 bits per heavy atom. The second-order valence-corrected chi connectivity index (χ2v) is 7.15. The molecule has 0 radical (unpaired) electrons. The summed E-state index contributed by atoms with van der Waals surface area (Å²) in [6, 6.07) is -0.349. The van der Waals surface area contributed by atoms with Crippen LogP contribution in [0.4, 0.5) is 18.0 Å². The van der Waals surface area contributed by atoms with Crippen molar-refractivity contribution in [3.8, 4) is 0 Å². The standard InChI is InChI=1S/C15H21F3N4O3S/c1-3-22(7-13(23)24)10-4-9(5-10)19-14(25)21(2)6-12-20-11(8-26-12)15(16,17)18/h8-10H,3-7H2,1-2H3,(H,19,25)(H,23,24). The monoisotopic (exact) mass is 394 g/mol. The number of rotatable bonds is 7. The summed E-state index contributed by atoms with van der Waals surface area (Å²) in [5, 5.41) is 12.8. The number of nitrogens with one attached hydrogen (secondary N) is 1. The van der Waals surface area contributed by atoms with Gasteiger partial charge >= 0.3 is 18.2 Å². The fourth-order valence-electron chi connectivity index (χ4n) is 2.75. The molecular weight excluding hydrogens is 373 g/mol. The second kappa shape index (κ2) is 8.21. The van der Waals surface area contributed by atoms with Crippen molar-refractivity contribution in [3.05, 3.63) is 16.1 Å². The van der Waals surface area contributed by atoms with E-state index in [0.29, 0.717) is 19.4 Å². The molecule has 0 saturated heterocycles. The molecule has 1 saturated carbocycles. The lowest BCUT2D eigenvalue weighted by Crippen LogP contribution is -2.56. The molecule has 7 nitrogen and oxygen atoms in total. The van der Waals surface area contributed by atoms with Gasteiger partial charge in [-0.3, -0.25) is 9.69 Å². The molecule has 11 heteroatoms. The largest absolute Gasteiger partial charge is 0.480 e. The van der Waals surface area contributed by atoms with Gasteiger partial charge in [-0.2, -0.15) is 13.2 Å². The summed E-state index contributed by atoms with van der Waals surface area (Å²) in [6.07, 6.45) is -3.19. The van der Waals surface area contributed by atoms with Gasteiger partial charge in [0.1, 0.15) is 5.01 Å². The average molecular weight is 394 g/mol. The van der Waals surface area contributed by atoms with Crippen LogP contribution in [-0.4, -0.2) is 64.1 Å². The van der Waals surface area contributed by atoms with Crippen LogP contribution in [0.1, 0.15) is 30.5 Å². The fraction of sp³-hybridized carbons (Fsp3) is 0.667. The highest BCUT2D eigenvalue weighted by atomic mass is 32.1. The maximum absolute atomic E-state index is 12.5. The van der Waals surface area contributed by atoms with Gasteiger partial charge in [-0.15, -0.1) is 11.3 Å². The van der Waals surface area contributed by atoms with Crippen molar-refractivity contribution in [2.45, 2.75) is 44.6 Å².